The van der Waals surface area contributed by atoms with Gasteiger partial charge in [0.2, 0.25) is 0 Å². The molecule has 0 saturated carbocycles. The van der Waals surface area contributed by atoms with Crippen LogP contribution >= 0.6 is 0 Å². The largest absolute Gasteiger partial charge is 0.398 e. The van der Waals surface area contributed by atoms with Gasteiger partial charge < -0.3 is 15.4 Å². The van der Waals surface area contributed by atoms with Crippen molar-refractivity contribution in [2.45, 2.75) is 12.5 Å². The first-order chi connectivity index (χ1) is 10.0. The summed E-state index contributed by atoms with van der Waals surface area (Å²) >= 11 is 0. The Labute approximate surface area is 122 Å². The summed E-state index contributed by atoms with van der Waals surface area (Å²) in [4.78, 5) is 24.5. The summed E-state index contributed by atoms with van der Waals surface area (Å²) in [5.74, 6) is -0.426. The van der Waals surface area contributed by atoms with Gasteiger partial charge in [0.05, 0.1) is 23.3 Å². The van der Waals surface area contributed by atoms with Crippen LogP contribution in [0.3, 0.4) is 0 Å². The summed E-state index contributed by atoms with van der Waals surface area (Å²) in [5.41, 5.74) is 5.54. The van der Waals surface area contributed by atoms with Crippen molar-refractivity contribution in [3.05, 3.63) is 46.5 Å². The Morgan fingerprint density at radius 3 is 3.05 bits per heavy atom. The number of nitrogens with two attached hydrogens (primary N) is 1. The molecule has 2 N–H and O–H groups in total. The van der Waals surface area contributed by atoms with Crippen molar-refractivity contribution in [1.29, 1.82) is 0 Å². The number of nitrogen functional groups attached to an aromatic ring is 1. The normalized spacial score (nSPS) is 17.7. The average Bonchev–Trinajstić information content (AvgIpc) is 2.92. The number of likely N-dealkylation sites (tertiary alicyclic amines) is 1. The van der Waals surface area contributed by atoms with Gasteiger partial charge in [0.15, 0.2) is 0 Å². The van der Waals surface area contributed by atoms with Gasteiger partial charge in [-0.2, -0.15) is 0 Å². The number of anilines is 1. The molecule has 1 unspecified atom stereocenters. The van der Waals surface area contributed by atoms with E-state index in [1.807, 2.05) is 0 Å². The number of nitrogens with zero attached hydrogens (tertiary/aromatic N) is 2. The third kappa shape index (κ3) is 3.19. The number of ether oxygens (including phenoxy) is 1. The first kappa shape index (κ1) is 15.0. The molecule has 112 valence electrons. The van der Waals surface area contributed by atoms with E-state index in [-0.39, 0.29) is 23.0 Å². The lowest BCUT2D eigenvalue weighted by Gasteiger charge is -2.17. The van der Waals surface area contributed by atoms with Crippen LogP contribution in [0.25, 0.3) is 0 Å². The molecule has 0 spiro atoms. The second kappa shape index (κ2) is 6.36. The number of nitro benzene ring substituents is 1. The molecular weight excluding hydrogens is 274 g/mol. The number of carbonyl (C=O) groups excluding carboxylic acids is 1. The van der Waals surface area contributed by atoms with Crippen molar-refractivity contribution in [2.75, 3.05) is 25.4 Å². The van der Waals surface area contributed by atoms with Crippen molar-refractivity contribution in [2.24, 2.45) is 0 Å². The molecule has 0 aromatic heterocycles. The number of benzene rings is 1. The van der Waals surface area contributed by atoms with Crippen molar-refractivity contribution in [3.63, 3.8) is 0 Å². The minimum atomic E-state index is -0.592. The van der Waals surface area contributed by atoms with Gasteiger partial charge in [-0.3, -0.25) is 14.9 Å². The number of carbonyl (C=O) groups is 1. The molecule has 1 aliphatic heterocycles. The van der Waals surface area contributed by atoms with Crippen LogP contribution in [0.1, 0.15) is 16.8 Å². The second-order valence-corrected chi connectivity index (χ2v) is 4.78. The van der Waals surface area contributed by atoms with E-state index in [9.17, 15) is 14.9 Å². The van der Waals surface area contributed by atoms with Gasteiger partial charge in [0.1, 0.15) is 5.56 Å². The Balaban J connectivity index is 2.18. The number of hydrogen-bond donors (Lipinski definition) is 1. The standard InChI is InChI=1S/C14H17N3O4/c1-2-8-21-10-6-7-16(9-10)14(18)13-11(15)4-3-5-12(13)17(19)20/h2-5,10H,1,6-9,15H2. The summed E-state index contributed by atoms with van der Waals surface area (Å²) in [6, 6.07) is 4.23. The lowest BCUT2D eigenvalue weighted by atomic mass is 10.1. The molecule has 1 aromatic rings. The van der Waals surface area contributed by atoms with Crippen LogP contribution in [0.5, 0.6) is 0 Å². The molecule has 1 heterocycles. The van der Waals surface area contributed by atoms with Crippen LogP contribution in [-0.2, 0) is 4.74 Å². The predicted octanol–water partition coefficient (Wildman–Crippen LogP) is 1.59. The van der Waals surface area contributed by atoms with Gasteiger partial charge in [-0.15, -0.1) is 6.58 Å². The minimum absolute atomic E-state index is 0.0492. The van der Waals surface area contributed by atoms with E-state index < -0.39 is 10.8 Å². The molecule has 7 nitrogen and oxygen atoms in total. The summed E-state index contributed by atoms with van der Waals surface area (Å²) in [7, 11) is 0. The van der Waals surface area contributed by atoms with Crippen LogP contribution < -0.4 is 5.73 Å². The molecule has 21 heavy (non-hydrogen) atoms. The maximum atomic E-state index is 12.5. The predicted molar refractivity (Wildman–Crippen MR) is 78.0 cm³/mol. The monoisotopic (exact) mass is 291 g/mol. The molecular formula is C14H17N3O4. The van der Waals surface area contributed by atoms with E-state index in [0.29, 0.717) is 26.1 Å². The third-order valence-electron chi connectivity index (χ3n) is 3.37. The maximum absolute atomic E-state index is 12.5. The van der Waals surface area contributed by atoms with Gasteiger partial charge in [-0.1, -0.05) is 12.1 Å². The zero-order chi connectivity index (χ0) is 15.4. The lowest BCUT2D eigenvalue weighted by Crippen LogP contribution is -2.31. The molecule has 1 atom stereocenters. The van der Waals surface area contributed by atoms with E-state index in [0.717, 1.165) is 0 Å². The maximum Gasteiger partial charge on any atom is 0.284 e. The van der Waals surface area contributed by atoms with E-state index in [1.165, 1.54) is 23.1 Å². The van der Waals surface area contributed by atoms with Crippen molar-refractivity contribution < 1.29 is 14.5 Å². The highest BCUT2D eigenvalue weighted by Gasteiger charge is 2.32. The molecule has 1 amide bonds. The Bertz CT molecular complexity index is 573. The fourth-order valence-corrected chi connectivity index (χ4v) is 2.35. The highest BCUT2D eigenvalue weighted by Crippen LogP contribution is 2.27. The highest BCUT2D eigenvalue weighted by atomic mass is 16.6. The number of rotatable bonds is 5. The second-order valence-electron chi connectivity index (χ2n) is 4.78. The molecule has 1 fully saturated rings. The molecule has 0 aliphatic carbocycles. The molecule has 0 bridgehead atoms. The highest BCUT2D eigenvalue weighted by molar-refractivity contribution is 6.03. The van der Waals surface area contributed by atoms with E-state index in [2.05, 4.69) is 6.58 Å². The summed E-state index contributed by atoms with van der Waals surface area (Å²) in [5, 5.41) is 11.0. The van der Waals surface area contributed by atoms with Gasteiger partial charge in [-0.25, -0.2) is 0 Å². The van der Waals surface area contributed by atoms with Crippen LogP contribution in [0.15, 0.2) is 30.9 Å². The molecule has 0 radical (unpaired) electrons. The number of hydrogen-bond acceptors (Lipinski definition) is 5. The molecule has 2 rings (SSSR count). The van der Waals surface area contributed by atoms with Crippen LogP contribution in [0.2, 0.25) is 0 Å². The smallest absolute Gasteiger partial charge is 0.284 e. The number of nitro groups is 1. The summed E-state index contributed by atoms with van der Waals surface area (Å²) in [6.07, 6.45) is 2.26. The van der Waals surface area contributed by atoms with Crippen LogP contribution in [-0.4, -0.2) is 41.5 Å². The van der Waals surface area contributed by atoms with Crippen LogP contribution in [0.4, 0.5) is 11.4 Å². The Morgan fingerprint density at radius 1 is 1.62 bits per heavy atom. The lowest BCUT2D eigenvalue weighted by molar-refractivity contribution is -0.385. The zero-order valence-electron chi connectivity index (χ0n) is 11.5. The minimum Gasteiger partial charge on any atom is -0.398 e. The van der Waals surface area contributed by atoms with E-state index in [4.69, 9.17) is 10.5 Å². The molecule has 1 aliphatic rings. The van der Waals surface area contributed by atoms with Gasteiger partial charge >= 0.3 is 0 Å². The quantitative estimate of drug-likeness (QED) is 0.384. The first-order valence-corrected chi connectivity index (χ1v) is 6.59. The Morgan fingerprint density at radius 2 is 2.38 bits per heavy atom. The fourth-order valence-electron chi connectivity index (χ4n) is 2.35. The summed E-state index contributed by atoms with van der Waals surface area (Å²) < 4.78 is 5.50. The number of amides is 1. The average molecular weight is 291 g/mol. The van der Waals surface area contributed by atoms with E-state index in [1.54, 1.807) is 6.08 Å². The molecule has 1 saturated heterocycles. The van der Waals surface area contributed by atoms with Crippen LogP contribution in [0, 0.1) is 10.1 Å². The van der Waals surface area contributed by atoms with Gasteiger partial charge in [-0.05, 0) is 12.5 Å². The third-order valence-corrected chi connectivity index (χ3v) is 3.37. The SMILES string of the molecule is C=CCOC1CCN(C(=O)c2c(N)cccc2[N+](=O)[O-])C1. The summed E-state index contributed by atoms with van der Waals surface area (Å²) in [6.45, 7) is 4.88. The molecule has 7 heteroatoms. The molecule has 1 aromatic carbocycles. The Kier molecular flexibility index (Phi) is 4.54. The fraction of sp³-hybridized carbons (Fsp3) is 0.357. The van der Waals surface area contributed by atoms with Crippen molar-refractivity contribution >= 4 is 17.3 Å². The van der Waals surface area contributed by atoms with Gasteiger partial charge in [0.25, 0.3) is 11.6 Å². The van der Waals surface area contributed by atoms with Crippen molar-refractivity contribution in [3.8, 4) is 0 Å². The zero-order valence-corrected chi connectivity index (χ0v) is 11.5. The first-order valence-electron chi connectivity index (χ1n) is 6.59. The topological polar surface area (TPSA) is 98.7 Å². The Hall–Kier alpha value is -2.41. The van der Waals surface area contributed by atoms with Crippen molar-refractivity contribution in [1.82, 2.24) is 4.90 Å². The van der Waals surface area contributed by atoms with Gasteiger partial charge in [0, 0.05) is 19.2 Å². The van der Waals surface area contributed by atoms with E-state index >= 15 is 0 Å².